The summed E-state index contributed by atoms with van der Waals surface area (Å²) in [4.78, 5) is 27.4. The molecule has 0 bridgehead atoms. The molecule has 0 unspecified atom stereocenters. The van der Waals surface area contributed by atoms with Crippen molar-refractivity contribution in [3.8, 4) is 11.5 Å². The van der Waals surface area contributed by atoms with Gasteiger partial charge in [-0.25, -0.2) is 14.6 Å². The van der Waals surface area contributed by atoms with E-state index in [1.165, 1.54) is 0 Å². The van der Waals surface area contributed by atoms with E-state index >= 15 is 0 Å². The number of nitrogens with zero attached hydrogens (tertiary/aromatic N) is 1. The van der Waals surface area contributed by atoms with Gasteiger partial charge in [-0.1, -0.05) is 18.2 Å². The van der Waals surface area contributed by atoms with Crippen LogP contribution in [0, 0.1) is 6.92 Å². The Morgan fingerprint density at radius 2 is 1.91 bits per heavy atom. The number of rotatable bonds is 5. The van der Waals surface area contributed by atoms with E-state index < -0.39 is 18.5 Å². The van der Waals surface area contributed by atoms with Crippen LogP contribution in [-0.2, 0) is 14.3 Å². The summed E-state index contributed by atoms with van der Waals surface area (Å²) in [5.41, 5.74) is 0.806. The van der Waals surface area contributed by atoms with Crippen LogP contribution in [0.2, 0.25) is 0 Å². The Hall–Kier alpha value is -2.63. The van der Waals surface area contributed by atoms with Crippen molar-refractivity contribution in [2.45, 2.75) is 26.9 Å². The first-order valence-electron chi connectivity index (χ1n) is 6.87. The van der Waals surface area contributed by atoms with Gasteiger partial charge < -0.3 is 13.9 Å². The van der Waals surface area contributed by atoms with E-state index in [-0.39, 0.29) is 11.8 Å². The Kier molecular flexibility index (Phi) is 4.93. The van der Waals surface area contributed by atoms with E-state index in [2.05, 4.69) is 4.98 Å². The first-order chi connectivity index (χ1) is 10.5. The fraction of sp³-hybridized carbons (Fsp3) is 0.312. The lowest BCUT2D eigenvalue weighted by Crippen LogP contribution is -2.20. The van der Waals surface area contributed by atoms with Gasteiger partial charge in [0.15, 0.2) is 12.3 Å². The van der Waals surface area contributed by atoms with Crippen molar-refractivity contribution in [3.63, 3.8) is 0 Å². The minimum absolute atomic E-state index is 0.0520. The molecule has 0 atom stereocenters. The normalized spacial score (nSPS) is 10.5. The van der Waals surface area contributed by atoms with Crippen LogP contribution in [0.4, 0.5) is 0 Å². The molecule has 0 saturated carbocycles. The quantitative estimate of drug-likeness (QED) is 0.790. The summed E-state index contributed by atoms with van der Waals surface area (Å²) < 4.78 is 15.2. The molecule has 116 valence electrons. The highest BCUT2D eigenvalue weighted by Crippen LogP contribution is 2.21. The van der Waals surface area contributed by atoms with Crippen LogP contribution < -0.4 is 0 Å². The van der Waals surface area contributed by atoms with Crippen molar-refractivity contribution in [1.82, 2.24) is 4.98 Å². The third-order valence-electron chi connectivity index (χ3n) is 2.70. The second-order valence-electron chi connectivity index (χ2n) is 4.90. The van der Waals surface area contributed by atoms with Crippen molar-refractivity contribution in [2.75, 3.05) is 6.61 Å². The highest BCUT2D eigenvalue weighted by molar-refractivity contribution is 5.90. The van der Waals surface area contributed by atoms with Gasteiger partial charge in [-0.2, -0.15) is 0 Å². The van der Waals surface area contributed by atoms with Gasteiger partial charge in [0, 0.05) is 5.56 Å². The molecule has 1 heterocycles. The molecule has 6 heteroatoms. The van der Waals surface area contributed by atoms with Crippen molar-refractivity contribution >= 4 is 11.9 Å². The molecule has 0 radical (unpaired) electrons. The van der Waals surface area contributed by atoms with Crippen LogP contribution in [0.25, 0.3) is 11.5 Å². The van der Waals surface area contributed by atoms with Crippen LogP contribution in [0.1, 0.15) is 30.1 Å². The number of carbonyl (C=O) groups excluding carboxylic acids is 2. The molecule has 0 aliphatic heterocycles. The zero-order valence-electron chi connectivity index (χ0n) is 12.7. The molecule has 0 aliphatic carbocycles. The second kappa shape index (κ2) is 6.89. The maximum atomic E-state index is 11.9. The molecule has 1 aromatic heterocycles. The van der Waals surface area contributed by atoms with Crippen LogP contribution in [0.3, 0.4) is 0 Å². The Morgan fingerprint density at radius 3 is 2.55 bits per heavy atom. The summed E-state index contributed by atoms with van der Waals surface area (Å²) in [5.74, 6) is -0.659. The molecule has 0 saturated heterocycles. The Balaban J connectivity index is 2.05. The van der Waals surface area contributed by atoms with E-state index in [1.54, 1.807) is 20.8 Å². The van der Waals surface area contributed by atoms with E-state index in [4.69, 9.17) is 13.9 Å². The Morgan fingerprint density at radius 1 is 1.23 bits per heavy atom. The fourth-order valence-corrected chi connectivity index (χ4v) is 1.78. The van der Waals surface area contributed by atoms with Crippen LogP contribution in [-0.4, -0.2) is 29.6 Å². The first-order valence-corrected chi connectivity index (χ1v) is 6.87. The lowest BCUT2D eigenvalue weighted by atomic mass is 10.2. The predicted molar refractivity (Wildman–Crippen MR) is 78.2 cm³/mol. The monoisotopic (exact) mass is 303 g/mol. The smallest absolute Gasteiger partial charge is 0.361 e. The van der Waals surface area contributed by atoms with Gasteiger partial charge in [0.05, 0.1) is 6.10 Å². The maximum Gasteiger partial charge on any atom is 0.361 e. The van der Waals surface area contributed by atoms with Crippen molar-refractivity contribution < 1.29 is 23.5 Å². The van der Waals surface area contributed by atoms with Crippen LogP contribution in [0.15, 0.2) is 34.7 Å². The summed E-state index contributed by atoms with van der Waals surface area (Å²) >= 11 is 0. The number of hydrogen-bond donors (Lipinski definition) is 0. The standard InChI is InChI=1S/C16H17NO5/c1-10(2)21-13(18)9-20-16(19)14-11(3)22-15(17-14)12-7-5-4-6-8-12/h4-8,10H,9H2,1-3H3. The van der Waals surface area contributed by atoms with Gasteiger partial charge in [0.1, 0.15) is 5.76 Å². The Bertz CT molecular complexity index is 660. The van der Waals surface area contributed by atoms with Gasteiger partial charge in [-0.05, 0) is 32.9 Å². The SMILES string of the molecule is Cc1oc(-c2ccccc2)nc1C(=O)OCC(=O)OC(C)C. The minimum atomic E-state index is -0.718. The van der Waals surface area contributed by atoms with Gasteiger partial charge in [-0.3, -0.25) is 0 Å². The van der Waals surface area contributed by atoms with Gasteiger partial charge in [0.2, 0.25) is 5.89 Å². The van der Waals surface area contributed by atoms with E-state index in [9.17, 15) is 9.59 Å². The summed E-state index contributed by atoms with van der Waals surface area (Å²) in [7, 11) is 0. The number of benzene rings is 1. The predicted octanol–water partition coefficient (Wildman–Crippen LogP) is 2.76. The summed E-state index contributed by atoms with van der Waals surface area (Å²) in [6.45, 7) is 4.59. The van der Waals surface area contributed by atoms with Gasteiger partial charge >= 0.3 is 11.9 Å². The Labute approximate surface area is 128 Å². The third kappa shape index (κ3) is 3.94. The highest BCUT2D eigenvalue weighted by Gasteiger charge is 2.20. The molecular weight excluding hydrogens is 286 g/mol. The van der Waals surface area contributed by atoms with Crippen LogP contribution >= 0.6 is 0 Å². The number of hydrogen-bond acceptors (Lipinski definition) is 6. The van der Waals surface area contributed by atoms with Crippen molar-refractivity contribution in [2.24, 2.45) is 0 Å². The zero-order valence-corrected chi connectivity index (χ0v) is 12.7. The first kappa shape index (κ1) is 15.8. The zero-order chi connectivity index (χ0) is 16.1. The molecule has 22 heavy (non-hydrogen) atoms. The lowest BCUT2D eigenvalue weighted by Gasteiger charge is -2.07. The summed E-state index contributed by atoms with van der Waals surface area (Å²) in [6, 6.07) is 9.19. The topological polar surface area (TPSA) is 78.6 Å². The largest absolute Gasteiger partial charge is 0.460 e. The molecule has 2 rings (SSSR count). The minimum Gasteiger partial charge on any atom is -0.460 e. The number of esters is 2. The molecule has 6 nitrogen and oxygen atoms in total. The van der Waals surface area contributed by atoms with E-state index in [1.807, 2.05) is 30.3 Å². The maximum absolute atomic E-state index is 11.9. The van der Waals surface area contributed by atoms with Crippen molar-refractivity contribution in [3.05, 3.63) is 41.8 Å². The van der Waals surface area contributed by atoms with E-state index in [0.29, 0.717) is 11.7 Å². The molecule has 0 spiro atoms. The molecule has 0 amide bonds. The number of aromatic nitrogens is 1. The third-order valence-corrected chi connectivity index (χ3v) is 2.70. The summed E-state index contributed by atoms with van der Waals surface area (Å²) in [6.07, 6.45) is -0.260. The van der Waals surface area contributed by atoms with Gasteiger partial charge in [0.25, 0.3) is 0 Å². The molecule has 0 fully saturated rings. The molecule has 0 N–H and O–H groups in total. The van der Waals surface area contributed by atoms with Gasteiger partial charge in [-0.15, -0.1) is 0 Å². The van der Waals surface area contributed by atoms with E-state index in [0.717, 1.165) is 5.56 Å². The highest BCUT2D eigenvalue weighted by atomic mass is 16.6. The number of oxazole rings is 1. The van der Waals surface area contributed by atoms with Crippen molar-refractivity contribution in [1.29, 1.82) is 0 Å². The lowest BCUT2D eigenvalue weighted by molar-refractivity contribution is -0.151. The molecule has 0 aliphatic rings. The molecule has 2 aromatic rings. The summed E-state index contributed by atoms with van der Waals surface area (Å²) in [5, 5.41) is 0. The number of aryl methyl sites for hydroxylation is 1. The number of carbonyl (C=O) groups is 2. The average Bonchev–Trinajstić information content (AvgIpc) is 2.87. The molecule has 1 aromatic carbocycles. The average molecular weight is 303 g/mol. The number of ether oxygens (including phenoxy) is 2. The fourth-order valence-electron chi connectivity index (χ4n) is 1.78. The second-order valence-corrected chi connectivity index (χ2v) is 4.90. The van der Waals surface area contributed by atoms with Crippen LogP contribution in [0.5, 0.6) is 0 Å². The molecular formula is C16H17NO5.